The van der Waals surface area contributed by atoms with Gasteiger partial charge in [-0.25, -0.2) is 4.98 Å². The number of carbonyl (C=O) groups is 2. The van der Waals surface area contributed by atoms with Gasteiger partial charge in [0.25, 0.3) is 0 Å². The van der Waals surface area contributed by atoms with Crippen LogP contribution in [0.5, 0.6) is 0 Å². The van der Waals surface area contributed by atoms with E-state index in [0.29, 0.717) is 24.5 Å². The topological polar surface area (TPSA) is 77.3 Å². The number of pyridine rings is 1. The first-order valence-electron chi connectivity index (χ1n) is 8.41. The molecule has 1 aliphatic heterocycles. The van der Waals surface area contributed by atoms with Gasteiger partial charge in [-0.3, -0.25) is 14.5 Å². The molecule has 0 aliphatic carbocycles. The number of piperidine rings is 1. The van der Waals surface area contributed by atoms with Gasteiger partial charge in [0.15, 0.2) is 5.82 Å². The highest BCUT2D eigenvalue weighted by Crippen LogP contribution is 2.24. The highest BCUT2D eigenvalue weighted by atomic mass is 16.2. The number of nitriles is 1. The predicted octanol–water partition coefficient (Wildman–Crippen LogP) is 2.20. The molecule has 0 radical (unpaired) electrons. The third kappa shape index (κ3) is 3.73. The van der Waals surface area contributed by atoms with Crippen molar-refractivity contribution < 1.29 is 9.59 Å². The molecule has 1 fully saturated rings. The van der Waals surface area contributed by atoms with Crippen LogP contribution in [0.3, 0.4) is 0 Å². The van der Waals surface area contributed by atoms with Crippen LogP contribution < -0.4 is 4.90 Å². The monoisotopic (exact) mass is 328 g/mol. The molecule has 2 atom stereocenters. The second kappa shape index (κ2) is 7.91. The number of carbonyl (C=O) groups excluding carboxylic acids is 2. The number of amides is 2. The Balaban J connectivity index is 2.11. The summed E-state index contributed by atoms with van der Waals surface area (Å²) in [6.07, 6.45) is 3.94. The van der Waals surface area contributed by atoms with E-state index in [2.05, 4.69) is 11.1 Å². The fourth-order valence-corrected chi connectivity index (χ4v) is 2.99. The molecule has 0 aromatic carbocycles. The number of likely N-dealkylation sites (tertiary alicyclic amines) is 1. The molecule has 0 unspecified atom stereocenters. The Morgan fingerprint density at radius 2 is 2.29 bits per heavy atom. The van der Waals surface area contributed by atoms with E-state index in [1.54, 1.807) is 30.3 Å². The zero-order valence-corrected chi connectivity index (χ0v) is 14.5. The van der Waals surface area contributed by atoms with E-state index in [1.165, 1.54) is 4.90 Å². The minimum absolute atomic E-state index is 0.0161. The molecule has 1 aromatic rings. The maximum atomic E-state index is 12.8. The van der Waals surface area contributed by atoms with Crippen molar-refractivity contribution in [2.24, 2.45) is 11.8 Å². The molecular formula is C18H24N4O2. The number of hydrogen-bond acceptors (Lipinski definition) is 4. The Kier molecular flexibility index (Phi) is 5.91. The first-order valence-corrected chi connectivity index (χ1v) is 8.41. The summed E-state index contributed by atoms with van der Waals surface area (Å²) in [5, 5.41) is 9.18. The smallest absolute Gasteiger partial charge is 0.232 e. The zero-order chi connectivity index (χ0) is 17.7. The molecule has 0 spiro atoms. The number of rotatable bonds is 4. The van der Waals surface area contributed by atoms with Gasteiger partial charge >= 0.3 is 0 Å². The summed E-state index contributed by atoms with van der Waals surface area (Å²) in [5.41, 5.74) is 0.372. The molecule has 2 rings (SSSR count). The molecule has 0 N–H and O–H groups in total. The highest BCUT2D eigenvalue weighted by Gasteiger charge is 2.32. The number of nitrogens with zero attached hydrogens (tertiary/aromatic N) is 4. The average Bonchev–Trinajstić information content (AvgIpc) is 2.65. The Morgan fingerprint density at radius 3 is 2.96 bits per heavy atom. The summed E-state index contributed by atoms with van der Waals surface area (Å²) in [7, 11) is 1.64. The van der Waals surface area contributed by atoms with Crippen LogP contribution in [0.2, 0.25) is 0 Å². The number of hydrogen-bond donors (Lipinski definition) is 0. The molecule has 6 nitrogen and oxygen atoms in total. The summed E-state index contributed by atoms with van der Waals surface area (Å²) in [6, 6.07) is 5.38. The van der Waals surface area contributed by atoms with Crippen molar-refractivity contribution >= 4 is 17.6 Å². The van der Waals surface area contributed by atoms with Gasteiger partial charge in [-0.15, -0.1) is 0 Å². The van der Waals surface area contributed by atoms with Gasteiger partial charge in [0.1, 0.15) is 6.07 Å². The van der Waals surface area contributed by atoms with E-state index in [-0.39, 0.29) is 23.7 Å². The molecule has 1 aliphatic rings. The minimum atomic E-state index is -0.245. The molecule has 0 saturated carbocycles. The number of aromatic nitrogens is 1. The van der Waals surface area contributed by atoms with Crippen LogP contribution >= 0.6 is 0 Å². The average molecular weight is 328 g/mol. The van der Waals surface area contributed by atoms with Crippen LogP contribution in [-0.4, -0.2) is 41.8 Å². The molecule has 2 amide bonds. The molecule has 2 heterocycles. The van der Waals surface area contributed by atoms with Crippen LogP contribution in [0, 0.1) is 23.2 Å². The molecule has 1 saturated heterocycles. The fourth-order valence-electron chi connectivity index (χ4n) is 2.99. The van der Waals surface area contributed by atoms with E-state index in [1.807, 2.05) is 13.8 Å². The van der Waals surface area contributed by atoms with Crippen molar-refractivity contribution in [2.75, 3.05) is 25.0 Å². The predicted molar refractivity (Wildman–Crippen MR) is 91.1 cm³/mol. The molecular weight excluding hydrogens is 304 g/mol. The summed E-state index contributed by atoms with van der Waals surface area (Å²) >= 11 is 0. The SMILES string of the molecule is CC[C@@H](C)C(=O)N1CCC[C@H](C(=O)N(C)c2ncccc2C#N)C1. The van der Waals surface area contributed by atoms with Crippen molar-refractivity contribution in [1.82, 2.24) is 9.88 Å². The lowest BCUT2D eigenvalue weighted by Gasteiger charge is -2.35. The molecule has 128 valence electrons. The Morgan fingerprint density at radius 1 is 1.54 bits per heavy atom. The van der Waals surface area contributed by atoms with E-state index in [4.69, 9.17) is 0 Å². The summed E-state index contributed by atoms with van der Waals surface area (Å²) in [4.78, 5) is 32.6. The van der Waals surface area contributed by atoms with Gasteiger partial charge in [-0.05, 0) is 31.4 Å². The van der Waals surface area contributed by atoms with Crippen LogP contribution in [0.1, 0.15) is 38.7 Å². The van der Waals surface area contributed by atoms with Crippen LogP contribution in [0.25, 0.3) is 0 Å². The lowest BCUT2D eigenvalue weighted by molar-refractivity contribution is -0.138. The maximum absolute atomic E-state index is 12.8. The minimum Gasteiger partial charge on any atom is -0.342 e. The lowest BCUT2D eigenvalue weighted by Crippen LogP contribution is -2.47. The third-order valence-electron chi connectivity index (χ3n) is 4.67. The second-order valence-electron chi connectivity index (χ2n) is 6.32. The Hall–Kier alpha value is -2.42. The van der Waals surface area contributed by atoms with Gasteiger partial charge in [-0.2, -0.15) is 5.26 Å². The lowest BCUT2D eigenvalue weighted by atomic mass is 9.95. The van der Waals surface area contributed by atoms with Crippen LogP contribution in [0.4, 0.5) is 5.82 Å². The molecule has 1 aromatic heterocycles. The second-order valence-corrected chi connectivity index (χ2v) is 6.32. The highest BCUT2D eigenvalue weighted by molar-refractivity contribution is 5.95. The largest absolute Gasteiger partial charge is 0.342 e. The van der Waals surface area contributed by atoms with Crippen molar-refractivity contribution in [1.29, 1.82) is 5.26 Å². The molecule has 0 bridgehead atoms. The van der Waals surface area contributed by atoms with Crippen molar-refractivity contribution in [3.8, 4) is 6.07 Å². The maximum Gasteiger partial charge on any atom is 0.232 e. The zero-order valence-electron chi connectivity index (χ0n) is 14.5. The quantitative estimate of drug-likeness (QED) is 0.849. The summed E-state index contributed by atoms with van der Waals surface area (Å²) in [6.45, 7) is 5.07. The molecule has 6 heteroatoms. The first-order chi connectivity index (χ1) is 11.5. The Bertz CT molecular complexity index is 653. The van der Waals surface area contributed by atoms with E-state index < -0.39 is 0 Å². The summed E-state index contributed by atoms with van der Waals surface area (Å²) in [5.74, 6) is 0.137. The third-order valence-corrected chi connectivity index (χ3v) is 4.67. The number of anilines is 1. The van der Waals surface area contributed by atoms with Gasteiger partial charge in [0.2, 0.25) is 11.8 Å². The van der Waals surface area contributed by atoms with Gasteiger partial charge in [0, 0.05) is 32.3 Å². The van der Waals surface area contributed by atoms with E-state index in [9.17, 15) is 14.9 Å². The van der Waals surface area contributed by atoms with Gasteiger partial charge in [0.05, 0.1) is 11.5 Å². The normalized spacial score (nSPS) is 18.6. The fraction of sp³-hybridized carbons (Fsp3) is 0.556. The Labute approximate surface area is 143 Å². The van der Waals surface area contributed by atoms with E-state index >= 15 is 0 Å². The standard InChI is InChI=1S/C18H24N4O2/c1-4-13(2)17(23)22-10-6-8-15(12-22)18(24)21(3)16-14(11-19)7-5-9-20-16/h5,7,9,13,15H,4,6,8,10,12H2,1-3H3/t13-,15+/m1/s1. The first kappa shape index (κ1) is 17.9. The van der Waals surface area contributed by atoms with Crippen LogP contribution in [-0.2, 0) is 9.59 Å². The van der Waals surface area contributed by atoms with Crippen molar-refractivity contribution in [2.45, 2.75) is 33.1 Å². The van der Waals surface area contributed by atoms with Crippen molar-refractivity contribution in [3.05, 3.63) is 23.9 Å². The van der Waals surface area contributed by atoms with Gasteiger partial charge < -0.3 is 4.90 Å². The van der Waals surface area contributed by atoms with E-state index in [0.717, 1.165) is 19.3 Å². The molecule has 24 heavy (non-hydrogen) atoms. The van der Waals surface area contributed by atoms with Crippen LogP contribution in [0.15, 0.2) is 18.3 Å². The summed E-state index contributed by atoms with van der Waals surface area (Å²) < 4.78 is 0. The van der Waals surface area contributed by atoms with Gasteiger partial charge in [-0.1, -0.05) is 13.8 Å². The van der Waals surface area contributed by atoms with Crippen molar-refractivity contribution in [3.63, 3.8) is 0 Å².